The fourth-order valence-electron chi connectivity index (χ4n) is 4.24. The van der Waals surface area contributed by atoms with Gasteiger partial charge < -0.3 is 18.9 Å². The molecule has 0 spiro atoms. The first-order valence-corrected chi connectivity index (χ1v) is 12.5. The SMILES string of the molecule is COc1cc2c(cc1OCCCN=[N+]=[N-])-c1c(-c3cccs3)cc(C(=O)N(C)C(C)(C)C)n1CC2. The molecule has 0 fully saturated rings. The van der Waals surface area contributed by atoms with Crippen LogP contribution in [0.5, 0.6) is 11.5 Å². The Morgan fingerprint density at radius 3 is 2.71 bits per heavy atom. The van der Waals surface area contributed by atoms with E-state index in [1.165, 1.54) is 0 Å². The molecule has 0 atom stereocenters. The van der Waals surface area contributed by atoms with Crippen molar-refractivity contribution in [1.29, 1.82) is 0 Å². The monoisotopic (exact) mass is 493 g/mol. The second-order valence-corrected chi connectivity index (χ2v) is 10.5. The van der Waals surface area contributed by atoms with Gasteiger partial charge in [-0.25, -0.2) is 0 Å². The van der Waals surface area contributed by atoms with E-state index in [0.717, 1.165) is 33.7 Å². The molecule has 1 aliphatic rings. The van der Waals surface area contributed by atoms with Crippen molar-refractivity contribution in [3.05, 3.63) is 57.4 Å². The summed E-state index contributed by atoms with van der Waals surface area (Å²) in [5.74, 6) is 1.32. The van der Waals surface area contributed by atoms with Crippen molar-refractivity contribution in [3.63, 3.8) is 0 Å². The molecule has 3 heterocycles. The minimum Gasteiger partial charge on any atom is -0.493 e. The molecule has 1 aromatic carbocycles. The van der Waals surface area contributed by atoms with Crippen LogP contribution in [0.4, 0.5) is 0 Å². The van der Waals surface area contributed by atoms with E-state index in [1.54, 1.807) is 23.3 Å². The minimum atomic E-state index is -0.290. The number of fused-ring (bicyclic) bond motifs is 3. The number of hydrogen-bond acceptors (Lipinski definition) is 5. The number of amides is 1. The van der Waals surface area contributed by atoms with Crippen molar-refractivity contribution >= 4 is 17.2 Å². The third-order valence-corrected chi connectivity index (χ3v) is 7.29. The molecule has 8 nitrogen and oxygen atoms in total. The summed E-state index contributed by atoms with van der Waals surface area (Å²) in [4.78, 5) is 19.3. The molecule has 0 aliphatic carbocycles. The average Bonchev–Trinajstić information content (AvgIpc) is 3.50. The number of nitrogens with zero attached hydrogens (tertiary/aromatic N) is 5. The zero-order valence-electron chi connectivity index (χ0n) is 20.9. The summed E-state index contributed by atoms with van der Waals surface area (Å²) in [6.45, 7) is 7.62. The Balaban J connectivity index is 1.82. The van der Waals surface area contributed by atoms with E-state index < -0.39 is 0 Å². The second kappa shape index (κ2) is 10.1. The summed E-state index contributed by atoms with van der Waals surface area (Å²) in [6.07, 6.45) is 1.40. The highest BCUT2D eigenvalue weighted by molar-refractivity contribution is 7.13. The van der Waals surface area contributed by atoms with Gasteiger partial charge in [0.2, 0.25) is 0 Å². The number of methoxy groups -OCH3 is 1. The molecule has 9 heteroatoms. The number of hydrogen-bond donors (Lipinski definition) is 0. The lowest BCUT2D eigenvalue weighted by Crippen LogP contribution is -2.43. The van der Waals surface area contributed by atoms with Crippen molar-refractivity contribution in [1.82, 2.24) is 9.47 Å². The van der Waals surface area contributed by atoms with Gasteiger partial charge in [-0.05, 0) is 74.4 Å². The Hall–Kier alpha value is -3.42. The Bertz CT molecular complexity index is 1270. The minimum absolute atomic E-state index is 0.00744. The topological polar surface area (TPSA) is 92.5 Å². The van der Waals surface area contributed by atoms with E-state index in [9.17, 15) is 4.79 Å². The largest absolute Gasteiger partial charge is 0.493 e. The number of thiophene rings is 1. The van der Waals surface area contributed by atoms with Crippen LogP contribution >= 0.6 is 11.3 Å². The summed E-state index contributed by atoms with van der Waals surface area (Å²) in [5.41, 5.74) is 13.2. The molecule has 3 aromatic rings. The van der Waals surface area contributed by atoms with Crippen LogP contribution in [0.25, 0.3) is 32.1 Å². The lowest BCUT2D eigenvalue weighted by molar-refractivity contribution is 0.0644. The summed E-state index contributed by atoms with van der Waals surface area (Å²) in [6, 6.07) is 10.2. The van der Waals surface area contributed by atoms with E-state index in [2.05, 4.69) is 26.0 Å². The third-order valence-electron chi connectivity index (χ3n) is 6.39. The van der Waals surface area contributed by atoms with Gasteiger partial charge in [-0.15, -0.1) is 11.3 Å². The van der Waals surface area contributed by atoms with Gasteiger partial charge in [0.25, 0.3) is 5.91 Å². The fourth-order valence-corrected chi connectivity index (χ4v) is 4.98. The molecular formula is C26H31N5O3S. The quantitative estimate of drug-likeness (QED) is 0.157. The van der Waals surface area contributed by atoms with E-state index in [4.69, 9.17) is 15.0 Å². The molecular weight excluding hydrogens is 462 g/mol. The molecule has 2 aromatic heterocycles. The molecule has 0 radical (unpaired) electrons. The van der Waals surface area contributed by atoms with Gasteiger partial charge in [-0.1, -0.05) is 11.2 Å². The molecule has 1 aliphatic heterocycles. The highest BCUT2D eigenvalue weighted by Gasteiger charge is 2.32. The maximum Gasteiger partial charge on any atom is 0.270 e. The number of carbonyl (C=O) groups excluding carboxylic acids is 1. The van der Waals surface area contributed by atoms with Gasteiger partial charge in [-0.3, -0.25) is 4.79 Å². The van der Waals surface area contributed by atoms with Gasteiger partial charge in [-0.2, -0.15) is 0 Å². The molecule has 4 rings (SSSR count). The van der Waals surface area contributed by atoms with Gasteiger partial charge in [0, 0.05) is 46.6 Å². The summed E-state index contributed by atoms with van der Waals surface area (Å²) in [5, 5.41) is 5.62. The number of azide groups is 1. The van der Waals surface area contributed by atoms with Crippen molar-refractivity contribution in [2.45, 2.75) is 45.7 Å². The number of rotatable bonds is 8. The molecule has 0 N–H and O–H groups in total. The maximum atomic E-state index is 13.6. The smallest absolute Gasteiger partial charge is 0.270 e. The number of carbonyl (C=O) groups is 1. The lowest BCUT2D eigenvalue weighted by Gasteiger charge is -2.32. The zero-order valence-corrected chi connectivity index (χ0v) is 21.7. The summed E-state index contributed by atoms with van der Waals surface area (Å²) in [7, 11) is 3.49. The highest BCUT2D eigenvalue weighted by atomic mass is 32.1. The lowest BCUT2D eigenvalue weighted by atomic mass is 9.95. The van der Waals surface area contributed by atoms with Crippen molar-refractivity contribution in [3.8, 4) is 33.2 Å². The first-order chi connectivity index (χ1) is 16.8. The molecule has 0 unspecified atom stereocenters. The third kappa shape index (κ3) is 4.88. The molecule has 0 bridgehead atoms. The van der Waals surface area contributed by atoms with Crippen LogP contribution in [0.2, 0.25) is 0 Å². The number of aryl methyl sites for hydroxylation is 1. The normalized spacial score (nSPS) is 12.4. The Morgan fingerprint density at radius 1 is 1.26 bits per heavy atom. The number of ether oxygens (including phenoxy) is 2. The Kier molecular flexibility index (Phi) is 7.10. The van der Waals surface area contributed by atoms with Crippen LogP contribution in [0.3, 0.4) is 0 Å². The second-order valence-electron chi connectivity index (χ2n) is 9.52. The standard InChI is InChI=1S/C26H31N5O3S/c1-26(2,3)30(4)25(32)20-15-19(23-8-6-13-35-23)24-18-16-22(34-12-7-10-28-29-27)21(33-5)14-17(18)9-11-31(20)24/h6,8,13-16H,7,9-12H2,1-5H3. The Labute approximate surface area is 209 Å². The van der Waals surface area contributed by atoms with E-state index >= 15 is 0 Å². The van der Waals surface area contributed by atoms with Gasteiger partial charge >= 0.3 is 0 Å². The van der Waals surface area contributed by atoms with Crippen LogP contribution < -0.4 is 9.47 Å². The summed E-state index contributed by atoms with van der Waals surface area (Å²) < 4.78 is 13.8. The molecule has 0 saturated carbocycles. The molecule has 184 valence electrons. The van der Waals surface area contributed by atoms with Gasteiger partial charge in [0.05, 0.1) is 19.4 Å². The van der Waals surface area contributed by atoms with Crippen molar-refractivity contribution in [2.24, 2.45) is 5.11 Å². The fraction of sp³-hybridized carbons (Fsp3) is 0.423. The van der Waals surface area contributed by atoms with Crippen LogP contribution in [0, 0.1) is 0 Å². The predicted molar refractivity (Wildman–Crippen MR) is 139 cm³/mol. The molecule has 35 heavy (non-hydrogen) atoms. The highest BCUT2D eigenvalue weighted by Crippen LogP contribution is 2.45. The Morgan fingerprint density at radius 2 is 2.06 bits per heavy atom. The van der Waals surface area contributed by atoms with Crippen molar-refractivity contribution in [2.75, 3.05) is 27.3 Å². The average molecular weight is 494 g/mol. The molecule has 0 saturated heterocycles. The zero-order chi connectivity index (χ0) is 25.2. The first kappa shape index (κ1) is 24.7. The number of benzene rings is 1. The van der Waals surface area contributed by atoms with Gasteiger partial charge in [0.15, 0.2) is 11.5 Å². The summed E-state index contributed by atoms with van der Waals surface area (Å²) >= 11 is 1.66. The van der Waals surface area contributed by atoms with Gasteiger partial charge in [0.1, 0.15) is 5.69 Å². The van der Waals surface area contributed by atoms with E-state index in [-0.39, 0.29) is 11.4 Å². The van der Waals surface area contributed by atoms with Crippen LogP contribution in [0.1, 0.15) is 43.2 Å². The molecule has 1 amide bonds. The van der Waals surface area contributed by atoms with Crippen LogP contribution in [-0.4, -0.2) is 48.2 Å². The first-order valence-electron chi connectivity index (χ1n) is 11.7. The number of aromatic nitrogens is 1. The predicted octanol–water partition coefficient (Wildman–Crippen LogP) is 6.40. The van der Waals surface area contributed by atoms with Crippen LogP contribution in [-0.2, 0) is 13.0 Å². The maximum absolute atomic E-state index is 13.6. The van der Waals surface area contributed by atoms with E-state index in [0.29, 0.717) is 43.3 Å². The van der Waals surface area contributed by atoms with Crippen molar-refractivity contribution < 1.29 is 14.3 Å². The van der Waals surface area contributed by atoms with Crippen LogP contribution in [0.15, 0.2) is 40.8 Å². The van der Waals surface area contributed by atoms with E-state index in [1.807, 2.05) is 52.1 Å².